The van der Waals surface area contributed by atoms with E-state index in [1.54, 1.807) is 13.0 Å². The van der Waals surface area contributed by atoms with Gasteiger partial charge in [-0.3, -0.25) is 29.4 Å². The first kappa shape index (κ1) is 38.0. The largest absolute Gasteiger partial charge is 0.507 e. The molecule has 1 saturated heterocycles. The molecule has 286 valence electrons. The summed E-state index contributed by atoms with van der Waals surface area (Å²) in [5.74, 6) is -12.5. The Balaban J connectivity index is 1.37. The molecule has 3 aliphatic carbocycles. The maximum atomic E-state index is 14.2. The average Bonchev–Trinajstić information content (AvgIpc) is 3.13. The van der Waals surface area contributed by atoms with E-state index in [1.165, 1.54) is 6.07 Å². The van der Waals surface area contributed by atoms with Crippen LogP contribution in [0.2, 0.25) is 0 Å². The third kappa shape index (κ3) is 6.59. The van der Waals surface area contributed by atoms with E-state index < -0.39 is 82.5 Å². The number of aromatic hydroxyl groups is 1. The number of aliphatic hydroxyl groups is 2. The number of hydrazine groups is 1. The molecule has 1 aliphatic heterocycles. The Morgan fingerprint density at radius 3 is 2.26 bits per heavy atom. The van der Waals surface area contributed by atoms with Gasteiger partial charge in [0.05, 0.1) is 61.1 Å². The predicted molar refractivity (Wildman–Crippen MR) is 192 cm³/mol. The molecule has 2 saturated carbocycles. The van der Waals surface area contributed by atoms with E-state index in [-0.39, 0.29) is 11.1 Å². The molecule has 1 heterocycles. The van der Waals surface area contributed by atoms with Crippen molar-refractivity contribution in [2.75, 3.05) is 55.3 Å². The normalized spacial score (nSPS) is 28.1. The van der Waals surface area contributed by atoms with Gasteiger partial charge in [-0.05, 0) is 36.5 Å². The fraction of sp³-hybridized carbons (Fsp3) is 0.553. The molecule has 0 radical (unpaired) electrons. The summed E-state index contributed by atoms with van der Waals surface area (Å²) >= 11 is 0. The van der Waals surface area contributed by atoms with E-state index in [1.807, 2.05) is 12.1 Å². The highest BCUT2D eigenvalue weighted by molar-refractivity contribution is 6.31. The second kappa shape index (κ2) is 15.3. The van der Waals surface area contributed by atoms with Gasteiger partial charge in [0.25, 0.3) is 0 Å². The second-order valence-corrected chi connectivity index (χ2v) is 14.3. The molecule has 1 amide bonds. The van der Waals surface area contributed by atoms with Crippen molar-refractivity contribution in [2.24, 2.45) is 29.4 Å². The number of phenolic OH excluding ortho intramolecular Hbond substituents is 1. The monoisotopic (exact) mass is 736 g/mol. The molecule has 0 spiro atoms. The number of unbranched alkanes of at least 4 members (excludes halogenated alkanes) is 2. The van der Waals surface area contributed by atoms with Gasteiger partial charge in [0.2, 0.25) is 5.91 Å². The summed E-state index contributed by atoms with van der Waals surface area (Å²) in [6.07, 6.45) is 1.18. The zero-order chi connectivity index (χ0) is 38.2. The molecule has 7 N–H and O–H groups in total. The van der Waals surface area contributed by atoms with Crippen LogP contribution in [0.25, 0.3) is 0 Å². The van der Waals surface area contributed by atoms with Crippen molar-refractivity contribution >= 4 is 46.1 Å². The number of fused-ring (bicyclic) bond motifs is 3. The topological polar surface area (TPSA) is 227 Å². The number of benzene rings is 2. The predicted octanol–water partition coefficient (Wildman–Crippen LogP) is 2.49. The number of nitrogens with one attached hydrogen (secondary N) is 2. The molecule has 15 heteroatoms. The van der Waals surface area contributed by atoms with E-state index in [0.717, 1.165) is 31.4 Å². The van der Waals surface area contributed by atoms with Crippen LogP contribution < -0.4 is 31.0 Å². The number of nitrogens with zero attached hydrogens (tertiary/aromatic N) is 1. The lowest BCUT2D eigenvalue weighted by Crippen LogP contribution is -2.72. The molecule has 2 aromatic rings. The van der Waals surface area contributed by atoms with Crippen LogP contribution in [0.3, 0.4) is 0 Å². The Morgan fingerprint density at radius 2 is 1.62 bits per heavy atom. The van der Waals surface area contributed by atoms with Gasteiger partial charge in [-0.2, -0.15) is 0 Å². The number of amides is 1. The molecule has 0 aromatic heterocycles. The van der Waals surface area contributed by atoms with E-state index in [2.05, 4.69) is 29.6 Å². The van der Waals surface area contributed by atoms with Gasteiger partial charge in [-0.25, -0.2) is 0 Å². The zero-order valence-electron chi connectivity index (χ0n) is 30.2. The molecule has 3 unspecified atom stereocenters. The summed E-state index contributed by atoms with van der Waals surface area (Å²) in [5, 5.41) is 34.3. The first-order chi connectivity index (χ1) is 25.4. The van der Waals surface area contributed by atoms with E-state index in [9.17, 15) is 39.3 Å². The van der Waals surface area contributed by atoms with E-state index >= 15 is 0 Å². The minimum Gasteiger partial charge on any atom is -0.507 e. The van der Waals surface area contributed by atoms with Crippen LogP contribution in [-0.4, -0.2) is 95.6 Å². The third-order valence-electron chi connectivity index (χ3n) is 11.1. The Morgan fingerprint density at radius 1 is 0.981 bits per heavy atom. The molecule has 53 heavy (non-hydrogen) atoms. The number of primary amides is 1. The number of morpholine rings is 1. The number of hydrogen-bond donors (Lipinski definition) is 6. The SMILES string of the molecule is CCCCOc1cc(N2CCOCC2)c(OCCCC)cc1NNc1ccc(O)c2c1C(C)[C@@H]1C(C2=O)C(=O)[C@]2(O)C(=O)C(C(N)=O)C(=O)C[C@@H]2[C@H]1O. The van der Waals surface area contributed by atoms with E-state index in [0.29, 0.717) is 62.4 Å². The summed E-state index contributed by atoms with van der Waals surface area (Å²) in [6, 6.07) is 6.59. The van der Waals surface area contributed by atoms with Crippen LogP contribution in [0.5, 0.6) is 17.2 Å². The molecule has 0 bridgehead atoms. The maximum absolute atomic E-state index is 14.2. The molecule has 6 rings (SSSR count). The summed E-state index contributed by atoms with van der Waals surface area (Å²) < 4.78 is 18.1. The smallest absolute Gasteiger partial charge is 0.235 e. The Bertz CT molecular complexity index is 1790. The first-order valence-electron chi connectivity index (χ1n) is 18.4. The van der Waals surface area contributed by atoms with Gasteiger partial charge in [0, 0.05) is 43.5 Å². The fourth-order valence-corrected chi connectivity index (χ4v) is 8.26. The van der Waals surface area contributed by atoms with Crippen LogP contribution in [0.4, 0.5) is 17.1 Å². The highest BCUT2D eigenvalue weighted by atomic mass is 16.5. The van der Waals surface area contributed by atoms with Gasteiger partial charge in [0.1, 0.15) is 17.2 Å². The lowest BCUT2D eigenvalue weighted by molar-refractivity contribution is -0.189. The van der Waals surface area contributed by atoms with Crippen LogP contribution in [0.15, 0.2) is 24.3 Å². The highest BCUT2D eigenvalue weighted by Gasteiger charge is 2.70. The maximum Gasteiger partial charge on any atom is 0.235 e. The number of rotatable bonds is 13. The first-order valence-corrected chi connectivity index (χ1v) is 18.4. The number of aliphatic hydroxyl groups excluding tert-OH is 1. The summed E-state index contributed by atoms with van der Waals surface area (Å²) in [6.45, 7) is 9.27. The highest BCUT2D eigenvalue weighted by Crippen LogP contribution is 2.55. The van der Waals surface area contributed by atoms with Gasteiger partial charge < -0.3 is 45.6 Å². The number of carbonyl (C=O) groups is 5. The minimum atomic E-state index is -2.99. The number of anilines is 3. The van der Waals surface area contributed by atoms with Gasteiger partial charge in [0.15, 0.2) is 34.7 Å². The van der Waals surface area contributed by atoms with Crippen LogP contribution in [-0.2, 0) is 23.9 Å². The Kier molecular flexibility index (Phi) is 11.0. The van der Waals surface area contributed by atoms with Crippen molar-refractivity contribution in [3.63, 3.8) is 0 Å². The summed E-state index contributed by atoms with van der Waals surface area (Å²) in [5.41, 5.74) is 10.4. The second-order valence-electron chi connectivity index (χ2n) is 14.3. The number of hydrogen-bond acceptors (Lipinski definition) is 14. The van der Waals surface area contributed by atoms with E-state index in [4.69, 9.17) is 19.9 Å². The Labute approximate surface area is 307 Å². The molecule has 4 aliphatic rings. The molecule has 2 aromatic carbocycles. The van der Waals surface area contributed by atoms with Gasteiger partial charge in [-0.1, -0.05) is 33.6 Å². The standard InChI is InChI=1S/C38H48N4O11/c1-4-6-12-52-26-18-23(42-10-14-51-15-11-42)27(53-13-7-5-2)17-22(26)41-40-21-8-9-24(43)30-28(21)19(3)29-32(34(30)46)36(48)38(50)20(33(29)45)16-25(44)31(35(38)47)37(39)49/h8-9,17-20,29,31-33,40-41,43,45,50H,4-7,10-16H2,1-3H3,(H2,39,49)/t19?,20-,29-,31?,32?,33-,38-/m1/s1. The number of ether oxygens (including phenoxy) is 3. The number of ketones is 4. The summed E-state index contributed by atoms with van der Waals surface area (Å²) in [4.78, 5) is 68.6. The molecular weight excluding hydrogens is 688 g/mol. The van der Waals surface area contributed by atoms with Crippen molar-refractivity contribution < 1.29 is 53.5 Å². The quantitative estimate of drug-likeness (QED) is 0.0752. The fourth-order valence-electron chi connectivity index (χ4n) is 8.26. The lowest BCUT2D eigenvalue weighted by Gasteiger charge is -2.53. The number of phenols is 1. The van der Waals surface area contributed by atoms with Crippen LogP contribution in [0, 0.1) is 23.7 Å². The van der Waals surface area contributed by atoms with Crippen molar-refractivity contribution in [1.82, 2.24) is 0 Å². The molecule has 15 nitrogen and oxygen atoms in total. The van der Waals surface area contributed by atoms with Gasteiger partial charge in [-0.15, -0.1) is 0 Å². The van der Waals surface area contributed by atoms with Crippen molar-refractivity contribution in [3.05, 3.63) is 35.4 Å². The van der Waals surface area contributed by atoms with Crippen molar-refractivity contribution in [2.45, 2.75) is 70.5 Å². The Hall–Kier alpha value is -4.73. The zero-order valence-corrected chi connectivity index (χ0v) is 30.2. The van der Waals surface area contributed by atoms with Crippen LogP contribution >= 0.6 is 0 Å². The number of Topliss-reactive ketones (excluding diaryl/α,β-unsaturated/α-hetero) is 4. The molecular formula is C38H48N4O11. The van der Waals surface area contributed by atoms with Crippen molar-refractivity contribution in [3.8, 4) is 17.2 Å². The number of nitrogens with two attached hydrogens (primary N) is 1. The van der Waals surface area contributed by atoms with Crippen molar-refractivity contribution in [1.29, 1.82) is 0 Å². The molecule has 3 fully saturated rings. The average molecular weight is 737 g/mol. The molecule has 7 atom stereocenters. The number of carbonyl (C=O) groups excluding carboxylic acids is 5. The van der Waals surface area contributed by atoms with Gasteiger partial charge >= 0.3 is 0 Å². The minimum absolute atomic E-state index is 0.218. The van der Waals surface area contributed by atoms with Crippen LogP contribution in [0.1, 0.15) is 74.7 Å². The third-order valence-corrected chi connectivity index (χ3v) is 11.1. The lowest BCUT2D eigenvalue weighted by atomic mass is 9.50. The summed E-state index contributed by atoms with van der Waals surface area (Å²) in [7, 11) is 0.